The van der Waals surface area contributed by atoms with Crippen molar-refractivity contribution in [3.05, 3.63) is 45.4 Å². The largest absolute Gasteiger partial charge is 0.326 e. The van der Waals surface area contributed by atoms with Crippen LogP contribution in [0.1, 0.15) is 23.7 Å². The Morgan fingerprint density at radius 1 is 1.43 bits per heavy atom. The Balaban J connectivity index is 2.05. The molecule has 1 aromatic carbocycles. The predicted molar refractivity (Wildman–Crippen MR) is 84.8 cm³/mol. The van der Waals surface area contributed by atoms with Crippen molar-refractivity contribution >= 4 is 45.6 Å². The van der Waals surface area contributed by atoms with Gasteiger partial charge < -0.3 is 4.57 Å². The van der Waals surface area contributed by atoms with E-state index in [1.54, 1.807) is 17.5 Å². The molecule has 0 saturated carbocycles. The molecule has 110 valence electrons. The van der Waals surface area contributed by atoms with Gasteiger partial charge in [0.15, 0.2) is 0 Å². The van der Waals surface area contributed by atoms with E-state index in [0.29, 0.717) is 23.4 Å². The molecule has 21 heavy (non-hydrogen) atoms. The molecule has 0 saturated heterocycles. The minimum atomic E-state index is -0.451. The van der Waals surface area contributed by atoms with Crippen LogP contribution in [0.15, 0.2) is 23.7 Å². The fourth-order valence-electron chi connectivity index (χ4n) is 2.31. The Hall–Kier alpha value is -1.17. The van der Waals surface area contributed by atoms with E-state index in [-0.39, 0.29) is 16.8 Å². The molecule has 1 atom stereocenters. The number of thiazole rings is 1. The van der Waals surface area contributed by atoms with Crippen molar-refractivity contribution in [1.29, 1.82) is 0 Å². The molecule has 0 aliphatic heterocycles. The van der Waals surface area contributed by atoms with Crippen molar-refractivity contribution in [2.75, 3.05) is 0 Å². The first-order valence-corrected chi connectivity index (χ1v) is 8.19. The van der Waals surface area contributed by atoms with Crippen molar-refractivity contribution in [1.82, 2.24) is 14.5 Å². The number of rotatable bonds is 4. The van der Waals surface area contributed by atoms with Gasteiger partial charge in [-0.15, -0.1) is 22.9 Å². The van der Waals surface area contributed by atoms with Crippen LogP contribution in [-0.2, 0) is 12.4 Å². The number of nitrogens with zero attached hydrogens (tertiary/aromatic N) is 3. The second-order valence-corrected chi connectivity index (χ2v) is 6.40. The molecule has 0 fully saturated rings. The monoisotopic (exact) mass is 343 g/mol. The van der Waals surface area contributed by atoms with Gasteiger partial charge in [-0.05, 0) is 6.07 Å². The summed E-state index contributed by atoms with van der Waals surface area (Å²) < 4.78 is 15.7. The number of benzene rings is 1. The number of imidazole rings is 1. The maximum Gasteiger partial charge on any atom is 0.144 e. The number of alkyl halides is 1. The molecule has 0 aliphatic rings. The topological polar surface area (TPSA) is 30.7 Å². The van der Waals surface area contributed by atoms with E-state index in [2.05, 4.69) is 16.9 Å². The SMILES string of the molecule is CC(Cn1c(CCl)nc2cc(Cl)c(F)cc21)c1nccs1. The van der Waals surface area contributed by atoms with Gasteiger partial charge in [0.1, 0.15) is 11.6 Å². The van der Waals surface area contributed by atoms with Gasteiger partial charge in [-0.25, -0.2) is 14.4 Å². The normalized spacial score (nSPS) is 13.0. The summed E-state index contributed by atoms with van der Waals surface area (Å²) in [6.45, 7) is 2.72. The molecular weight excluding hydrogens is 332 g/mol. The summed E-state index contributed by atoms with van der Waals surface area (Å²) in [6.07, 6.45) is 1.78. The fraction of sp³-hybridized carbons (Fsp3) is 0.286. The summed E-state index contributed by atoms with van der Waals surface area (Å²) >= 11 is 13.4. The standard InChI is InChI=1S/C14H12Cl2FN3S/c1-8(14-18-2-3-21-14)7-20-12-5-10(17)9(16)4-11(12)19-13(20)6-15/h2-5,8H,6-7H2,1H3. The second kappa shape index (κ2) is 5.91. The third-order valence-electron chi connectivity index (χ3n) is 3.32. The first-order chi connectivity index (χ1) is 10.1. The summed E-state index contributed by atoms with van der Waals surface area (Å²) in [6, 6.07) is 2.95. The average molecular weight is 344 g/mol. The second-order valence-electron chi connectivity index (χ2n) is 4.80. The third kappa shape index (κ3) is 2.78. The molecule has 1 unspecified atom stereocenters. The average Bonchev–Trinajstić information content (AvgIpc) is 3.09. The van der Waals surface area contributed by atoms with Crippen LogP contribution in [0.25, 0.3) is 11.0 Å². The molecule has 0 amide bonds. The van der Waals surface area contributed by atoms with Crippen LogP contribution in [0.4, 0.5) is 4.39 Å². The Labute approximate surface area is 135 Å². The number of fused-ring (bicyclic) bond motifs is 1. The lowest BCUT2D eigenvalue weighted by Crippen LogP contribution is -2.09. The van der Waals surface area contributed by atoms with Crippen LogP contribution in [0.2, 0.25) is 5.02 Å². The third-order valence-corrected chi connectivity index (χ3v) is 4.85. The molecule has 0 N–H and O–H groups in total. The van der Waals surface area contributed by atoms with Crippen LogP contribution in [-0.4, -0.2) is 14.5 Å². The molecule has 7 heteroatoms. The van der Waals surface area contributed by atoms with E-state index in [1.165, 1.54) is 12.1 Å². The van der Waals surface area contributed by atoms with Gasteiger partial charge in [0.25, 0.3) is 0 Å². The zero-order valence-corrected chi connectivity index (χ0v) is 13.5. The number of halogens is 3. The van der Waals surface area contributed by atoms with Crippen LogP contribution in [0.5, 0.6) is 0 Å². The highest BCUT2D eigenvalue weighted by atomic mass is 35.5. The van der Waals surface area contributed by atoms with E-state index in [0.717, 1.165) is 5.01 Å². The Morgan fingerprint density at radius 2 is 2.24 bits per heavy atom. The number of hydrogen-bond acceptors (Lipinski definition) is 3. The predicted octanol–water partition coefficient (Wildman–Crippen LogP) is 4.83. The zero-order valence-electron chi connectivity index (χ0n) is 11.2. The lowest BCUT2D eigenvalue weighted by atomic mass is 10.2. The van der Waals surface area contributed by atoms with Gasteiger partial charge in [-0.2, -0.15) is 0 Å². The number of aromatic nitrogens is 3. The highest BCUT2D eigenvalue weighted by molar-refractivity contribution is 7.09. The molecule has 3 aromatic rings. The van der Waals surface area contributed by atoms with E-state index in [9.17, 15) is 4.39 Å². The van der Waals surface area contributed by atoms with Gasteiger partial charge in [0.05, 0.1) is 26.9 Å². The molecular formula is C14H12Cl2FN3S. The van der Waals surface area contributed by atoms with Crippen molar-refractivity contribution in [2.45, 2.75) is 25.3 Å². The molecule has 0 radical (unpaired) electrons. The van der Waals surface area contributed by atoms with Gasteiger partial charge in [0, 0.05) is 30.1 Å². The number of hydrogen-bond donors (Lipinski definition) is 0. The fourth-order valence-corrected chi connectivity index (χ4v) is 3.36. The lowest BCUT2D eigenvalue weighted by Gasteiger charge is -2.12. The molecule has 3 rings (SSSR count). The minimum absolute atomic E-state index is 0.0706. The van der Waals surface area contributed by atoms with Crippen LogP contribution < -0.4 is 0 Å². The van der Waals surface area contributed by atoms with Gasteiger partial charge in [0.2, 0.25) is 0 Å². The maximum atomic E-state index is 13.7. The smallest absolute Gasteiger partial charge is 0.144 e. The first kappa shape index (κ1) is 14.8. The Morgan fingerprint density at radius 3 is 2.90 bits per heavy atom. The molecule has 2 heterocycles. The molecule has 2 aromatic heterocycles. The van der Waals surface area contributed by atoms with Crippen LogP contribution >= 0.6 is 34.5 Å². The molecule has 0 spiro atoms. The summed E-state index contributed by atoms with van der Waals surface area (Å²) in [4.78, 5) is 8.75. The Kier molecular flexibility index (Phi) is 4.15. The first-order valence-electron chi connectivity index (χ1n) is 6.39. The van der Waals surface area contributed by atoms with E-state index in [1.807, 2.05) is 9.95 Å². The maximum absolute atomic E-state index is 13.7. The molecule has 0 aliphatic carbocycles. The van der Waals surface area contributed by atoms with E-state index in [4.69, 9.17) is 23.2 Å². The van der Waals surface area contributed by atoms with Crippen LogP contribution in [0, 0.1) is 5.82 Å². The summed E-state index contributed by atoms with van der Waals surface area (Å²) in [5, 5.41) is 3.05. The van der Waals surface area contributed by atoms with Crippen molar-refractivity contribution in [2.24, 2.45) is 0 Å². The zero-order chi connectivity index (χ0) is 15.0. The molecule has 0 bridgehead atoms. The molecule has 3 nitrogen and oxygen atoms in total. The summed E-state index contributed by atoms with van der Waals surface area (Å²) in [5.41, 5.74) is 1.36. The highest BCUT2D eigenvalue weighted by Crippen LogP contribution is 2.27. The van der Waals surface area contributed by atoms with Crippen LogP contribution in [0.3, 0.4) is 0 Å². The summed E-state index contributed by atoms with van der Waals surface area (Å²) in [5.74, 6) is 0.714. The van der Waals surface area contributed by atoms with Crippen molar-refractivity contribution in [3.63, 3.8) is 0 Å². The van der Waals surface area contributed by atoms with E-state index >= 15 is 0 Å². The minimum Gasteiger partial charge on any atom is -0.326 e. The lowest BCUT2D eigenvalue weighted by molar-refractivity contribution is 0.589. The van der Waals surface area contributed by atoms with Crippen molar-refractivity contribution in [3.8, 4) is 0 Å². The van der Waals surface area contributed by atoms with Gasteiger partial charge in [-0.3, -0.25) is 0 Å². The van der Waals surface area contributed by atoms with E-state index < -0.39 is 5.82 Å². The quantitative estimate of drug-likeness (QED) is 0.635. The highest BCUT2D eigenvalue weighted by Gasteiger charge is 2.17. The summed E-state index contributed by atoms with van der Waals surface area (Å²) in [7, 11) is 0. The Bertz CT molecular complexity index is 770. The van der Waals surface area contributed by atoms with Gasteiger partial charge >= 0.3 is 0 Å². The van der Waals surface area contributed by atoms with Crippen molar-refractivity contribution < 1.29 is 4.39 Å². The van der Waals surface area contributed by atoms with Gasteiger partial charge in [-0.1, -0.05) is 18.5 Å².